The minimum absolute atomic E-state index is 0.0459. The Bertz CT molecular complexity index is 431. The van der Waals surface area contributed by atoms with E-state index in [-0.39, 0.29) is 17.0 Å². The smallest absolute Gasteiger partial charge is 0.258 e. The van der Waals surface area contributed by atoms with Crippen molar-refractivity contribution in [3.63, 3.8) is 0 Å². The van der Waals surface area contributed by atoms with Gasteiger partial charge in [-0.25, -0.2) is 0 Å². The third kappa shape index (κ3) is 2.44. The van der Waals surface area contributed by atoms with Crippen LogP contribution in [0.2, 0.25) is 0 Å². The lowest BCUT2D eigenvalue weighted by Crippen LogP contribution is -2.10. The zero-order valence-electron chi connectivity index (χ0n) is 8.14. The van der Waals surface area contributed by atoms with Crippen molar-refractivity contribution < 1.29 is 18.1 Å². The molecule has 0 saturated heterocycles. The van der Waals surface area contributed by atoms with E-state index in [1.54, 1.807) is 0 Å². The molecule has 0 radical (unpaired) electrons. The Morgan fingerprint density at radius 2 is 2.00 bits per heavy atom. The summed E-state index contributed by atoms with van der Waals surface area (Å²) in [7, 11) is 0. The largest absolute Gasteiger partial charge is 0.423 e. The van der Waals surface area contributed by atoms with Gasteiger partial charge in [0.2, 0.25) is 0 Å². The summed E-state index contributed by atoms with van der Waals surface area (Å²) in [5.41, 5.74) is -2.01. The molecule has 0 fully saturated rings. The molecule has 16 heavy (non-hydrogen) atoms. The summed E-state index contributed by atoms with van der Waals surface area (Å²) in [4.78, 5) is 9.53. The molecule has 0 aliphatic carbocycles. The van der Waals surface area contributed by atoms with Crippen LogP contribution >= 0.6 is 11.6 Å². The molecule has 0 aromatic heterocycles. The van der Waals surface area contributed by atoms with Crippen molar-refractivity contribution in [1.29, 1.82) is 0 Å². The number of nitrogens with zero attached hydrogens (tertiary/aromatic N) is 1. The molecule has 0 bridgehead atoms. The monoisotopic (exact) mass is 253 g/mol. The molecule has 0 atom stereocenters. The molecule has 0 spiro atoms. The maximum atomic E-state index is 12.6. The van der Waals surface area contributed by atoms with Gasteiger partial charge in [0.05, 0.1) is 4.92 Å². The summed E-state index contributed by atoms with van der Waals surface area (Å²) in [6.45, 7) is 1.25. The number of hydrogen-bond acceptors (Lipinski definition) is 2. The molecule has 1 rings (SSSR count). The van der Waals surface area contributed by atoms with Crippen molar-refractivity contribution in [2.45, 2.75) is 19.0 Å². The Morgan fingerprint density at radius 3 is 2.38 bits per heavy atom. The molecule has 88 valence electrons. The van der Waals surface area contributed by atoms with Crippen LogP contribution in [0.5, 0.6) is 0 Å². The molecule has 1 aromatic carbocycles. The lowest BCUT2D eigenvalue weighted by atomic mass is 10.0. The molecule has 0 saturated carbocycles. The van der Waals surface area contributed by atoms with Crippen LogP contribution in [0.4, 0.5) is 18.9 Å². The number of alkyl halides is 4. The van der Waals surface area contributed by atoms with E-state index in [2.05, 4.69) is 0 Å². The van der Waals surface area contributed by atoms with Gasteiger partial charge >= 0.3 is 6.18 Å². The van der Waals surface area contributed by atoms with Gasteiger partial charge in [-0.2, -0.15) is 13.2 Å². The highest BCUT2D eigenvalue weighted by Gasteiger charge is 2.39. The standard InChI is InChI=1S/C9H7ClF3NO2/c1-5-2-6(4-10)3-7(9(11,12)13)8(5)14(15)16/h2-3H,4H2,1H3. The Balaban J connectivity index is 3.53. The maximum absolute atomic E-state index is 12.6. The van der Waals surface area contributed by atoms with E-state index < -0.39 is 22.4 Å². The summed E-state index contributed by atoms with van der Waals surface area (Å²) < 4.78 is 37.7. The number of rotatable bonds is 2. The first-order valence-electron chi connectivity index (χ1n) is 4.18. The Morgan fingerprint density at radius 1 is 1.44 bits per heavy atom. The topological polar surface area (TPSA) is 43.1 Å². The van der Waals surface area contributed by atoms with Crippen molar-refractivity contribution in [1.82, 2.24) is 0 Å². The molecule has 0 aliphatic rings. The van der Waals surface area contributed by atoms with E-state index in [1.807, 2.05) is 0 Å². The highest BCUT2D eigenvalue weighted by atomic mass is 35.5. The molecule has 0 aliphatic heterocycles. The summed E-state index contributed by atoms with van der Waals surface area (Å²) >= 11 is 5.42. The first kappa shape index (κ1) is 12.8. The molecule has 3 nitrogen and oxygen atoms in total. The Hall–Kier alpha value is -1.30. The van der Waals surface area contributed by atoms with Crippen LogP contribution < -0.4 is 0 Å². The quantitative estimate of drug-likeness (QED) is 0.459. The van der Waals surface area contributed by atoms with Gasteiger partial charge in [0, 0.05) is 11.4 Å². The zero-order chi connectivity index (χ0) is 12.5. The minimum atomic E-state index is -4.75. The van der Waals surface area contributed by atoms with Crippen LogP contribution in [0.25, 0.3) is 0 Å². The van der Waals surface area contributed by atoms with Gasteiger partial charge in [-0.05, 0) is 24.6 Å². The normalized spacial score (nSPS) is 11.6. The van der Waals surface area contributed by atoms with Crippen molar-refractivity contribution in [2.24, 2.45) is 0 Å². The van der Waals surface area contributed by atoms with Gasteiger partial charge in [-0.1, -0.05) is 0 Å². The summed E-state index contributed by atoms with van der Waals surface area (Å²) in [5, 5.41) is 10.6. The average molecular weight is 254 g/mol. The summed E-state index contributed by atoms with van der Waals surface area (Å²) in [6, 6.07) is 1.98. The molecular weight excluding hydrogens is 247 g/mol. The fraction of sp³-hybridized carbons (Fsp3) is 0.333. The van der Waals surface area contributed by atoms with Crippen LogP contribution in [-0.4, -0.2) is 4.92 Å². The third-order valence-electron chi connectivity index (χ3n) is 2.00. The lowest BCUT2D eigenvalue weighted by Gasteiger charge is -2.10. The number of aryl methyl sites for hydroxylation is 1. The average Bonchev–Trinajstić information content (AvgIpc) is 2.14. The second-order valence-corrected chi connectivity index (χ2v) is 3.46. The SMILES string of the molecule is Cc1cc(CCl)cc(C(F)(F)F)c1[N+](=O)[O-]. The molecule has 0 N–H and O–H groups in total. The predicted octanol–water partition coefficient (Wildman–Crippen LogP) is 3.66. The fourth-order valence-corrected chi connectivity index (χ4v) is 1.54. The molecule has 7 heteroatoms. The number of benzene rings is 1. The second-order valence-electron chi connectivity index (χ2n) is 3.20. The number of nitro groups is 1. The first-order chi connectivity index (χ1) is 7.27. The molecule has 1 aromatic rings. The molecule has 0 heterocycles. The molecule has 0 unspecified atom stereocenters. The fourth-order valence-electron chi connectivity index (χ4n) is 1.39. The summed E-state index contributed by atoms with van der Waals surface area (Å²) in [6.07, 6.45) is -4.75. The van der Waals surface area contributed by atoms with Crippen molar-refractivity contribution in [3.05, 3.63) is 38.9 Å². The molecule has 0 amide bonds. The Labute approximate surface area is 94.0 Å². The second kappa shape index (κ2) is 4.29. The number of nitro benzene ring substituents is 1. The number of hydrogen-bond donors (Lipinski definition) is 0. The molecular formula is C9H7ClF3NO2. The van der Waals surface area contributed by atoms with Gasteiger partial charge in [-0.3, -0.25) is 10.1 Å². The van der Waals surface area contributed by atoms with E-state index in [4.69, 9.17) is 11.6 Å². The van der Waals surface area contributed by atoms with E-state index in [0.717, 1.165) is 0 Å². The highest BCUT2D eigenvalue weighted by Crippen LogP contribution is 2.38. The van der Waals surface area contributed by atoms with Crippen LogP contribution in [0.3, 0.4) is 0 Å². The highest BCUT2D eigenvalue weighted by molar-refractivity contribution is 6.17. The maximum Gasteiger partial charge on any atom is 0.423 e. The van der Waals surface area contributed by atoms with Crippen LogP contribution in [0, 0.1) is 17.0 Å². The van der Waals surface area contributed by atoms with E-state index in [1.165, 1.54) is 13.0 Å². The van der Waals surface area contributed by atoms with Gasteiger partial charge in [0.1, 0.15) is 5.56 Å². The van der Waals surface area contributed by atoms with E-state index in [9.17, 15) is 23.3 Å². The van der Waals surface area contributed by atoms with Gasteiger partial charge in [0.25, 0.3) is 5.69 Å². The van der Waals surface area contributed by atoms with Crippen molar-refractivity contribution in [3.8, 4) is 0 Å². The minimum Gasteiger partial charge on any atom is -0.258 e. The number of halogens is 4. The zero-order valence-corrected chi connectivity index (χ0v) is 8.89. The first-order valence-corrected chi connectivity index (χ1v) is 4.72. The third-order valence-corrected chi connectivity index (χ3v) is 2.31. The van der Waals surface area contributed by atoms with Crippen molar-refractivity contribution in [2.75, 3.05) is 0 Å². The van der Waals surface area contributed by atoms with Crippen LogP contribution in [0.15, 0.2) is 12.1 Å². The van der Waals surface area contributed by atoms with Crippen LogP contribution in [0.1, 0.15) is 16.7 Å². The van der Waals surface area contributed by atoms with Crippen LogP contribution in [-0.2, 0) is 12.1 Å². The van der Waals surface area contributed by atoms with E-state index in [0.29, 0.717) is 6.07 Å². The van der Waals surface area contributed by atoms with Crippen molar-refractivity contribution >= 4 is 17.3 Å². The Kier molecular flexibility index (Phi) is 3.42. The van der Waals surface area contributed by atoms with Gasteiger partial charge in [-0.15, -0.1) is 11.6 Å². The van der Waals surface area contributed by atoms with Gasteiger partial charge < -0.3 is 0 Å². The van der Waals surface area contributed by atoms with E-state index >= 15 is 0 Å². The van der Waals surface area contributed by atoms with Gasteiger partial charge in [0.15, 0.2) is 0 Å². The lowest BCUT2D eigenvalue weighted by molar-refractivity contribution is -0.388. The predicted molar refractivity (Wildman–Crippen MR) is 52.4 cm³/mol. The summed E-state index contributed by atoms with van der Waals surface area (Å²) in [5.74, 6) is -0.123.